The van der Waals surface area contributed by atoms with Gasteiger partial charge in [0.25, 0.3) is 0 Å². The zero-order valence-electron chi connectivity index (χ0n) is 53.4. The lowest BCUT2D eigenvalue weighted by molar-refractivity contribution is -0.870. The summed E-state index contributed by atoms with van der Waals surface area (Å²) in [4.78, 5) is 23.4. The number of unbranched alkanes of at least 4 members (excludes halogenated alkanes) is 45. The number of likely N-dealkylation sites (N-methyl/N-ethyl adjacent to an activating group) is 1. The smallest absolute Gasteiger partial charge is 0.387 e. The Kier molecular flexibility index (Phi) is 59.8. The van der Waals surface area contributed by atoms with Crippen LogP contribution in [0.3, 0.4) is 0 Å². The standard InChI is InChI=1S/C70H135N2O6P/c1-6-8-10-12-14-16-18-20-22-24-26-28-30-32-34-35-36-38-39-41-43-45-47-49-51-53-55-57-59-61-63-69(73)68(67-78-79(75,76)77-66-65-72(3,4)5)71-70(74)64-62-60-58-56-54-52-50-48-46-44-42-40-37-33-31-29-27-25-23-21-19-17-15-13-11-9-7-2/h19,21,25,27,31,33,61,63,68-69,73H,6-18,20,22-24,26,28-30,32,34-60,62,64-67H2,1-5H3,(H-,71,74,75,76)/p+1/b21-19-,27-25-,33-31-,63-61+. The minimum absolute atomic E-state index is 0.0611. The summed E-state index contributed by atoms with van der Waals surface area (Å²) in [6.45, 7) is 4.85. The highest BCUT2D eigenvalue weighted by Crippen LogP contribution is 2.43. The van der Waals surface area contributed by atoms with Crippen molar-refractivity contribution >= 4 is 13.7 Å². The van der Waals surface area contributed by atoms with Crippen LogP contribution in [0, 0.1) is 0 Å². The number of phosphoric acid groups is 1. The van der Waals surface area contributed by atoms with Crippen molar-refractivity contribution in [1.29, 1.82) is 0 Å². The third-order valence-corrected chi connectivity index (χ3v) is 16.8. The lowest BCUT2D eigenvalue weighted by atomic mass is 10.0. The van der Waals surface area contributed by atoms with Crippen LogP contribution in [0.15, 0.2) is 48.6 Å². The molecule has 0 aromatic carbocycles. The van der Waals surface area contributed by atoms with Gasteiger partial charge in [-0.3, -0.25) is 13.8 Å². The van der Waals surface area contributed by atoms with E-state index < -0.39 is 20.0 Å². The first-order valence-electron chi connectivity index (χ1n) is 34.5. The van der Waals surface area contributed by atoms with Gasteiger partial charge in [-0.25, -0.2) is 4.57 Å². The lowest BCUT2D eigenvalue weighted by Gasteiger charge is -2.25. The van der Waals surface area contributed by atoms with Crippen LogP contribution in [-0.2, 0) is 18.4 Å². The minimum atomic E-state index is -4.35. The number of nitrogens with zero attached hydrogens (tertiary/aromatic N) is 1. The van der Waals surface area contributed by atoms with Crippen LogP contribution in [0.4, 0.5) is 0 Å². The molecule has 0 aliphatic rings. The molecular weight excluding hydrogens is 996 g/mol. The van der Waals surface area contributed by atoms with E-state index in [9.17, 15) is 19.4 Å². The summed E-state index contributed by atoms with van der Waals surface area (Å²) in [6, 6.07) is -0.850. The SMILES string of the molecule is CCCCCCC/C=C\C/C=C\C/C=C\CCCCCCCCCCCCCCC(=O)NC(COP(=O)(O)OCC[N+](C)(C)C)C(O)/C=C/CCCCCCCCCCCCCCCCCCCCCCCCCCCCCC. The number of aliphatic hydroxyl groups excluding tert-OH is 1. The number of quaternary nitrogens is 1. The maximum atomic E-state index is 13.0. The van der Waals surface area contributed by atoms with Gasteiger partial charge in [0.05, 0.1) is 39.9 Å². The summed E-state index contributed by atoms with van der Waals surface area (Å²) in [7, 11) is 1.58. The molecule has 0 fully saturated rings. The largest absolute Gasteiger partial charge is 0.472 e. The molecule has 0 saturated carbocycles. The zero-order chi connectivity index (χ0) is 57.7. The second kappa shape index (κ2) is 61.0. The molecule has 0 aliphatic heterocycles. The highest BCUT2D eigenvalue weighted by molar-refractivity contribution is 7.47. The molecule has 79 heavy (non-hydrogen) atoms. The van der Waals surface area contributed by atoms with Gasteiger partial charge in [-0.15, -0.1) is 0 Å². The van der Waals surface area contributed by atoms with E-state index in [1.54, 1.807) is 6.08 Å². The molecule has 9 heteroatoms. The van der Waals surface area contributed by atoms with Crippen molar-refractivity contribution in [3.63, 3.8) is 0 Å². The maximum Gasteiger partial charge on any atom is 0.472 e. The Labute approximate surface area is 492 Å². The molecule has 0 spiro atoms. The van der Waals surface area contributed by atoms with Crippen LogP contribution in [0.5, 0.6) is 0 Å². The van der Waals surface area contributed by atoms with Crippen molar-refractivity contribution in [1.82, 2.24) is 5.32 Å². The van der Waals surface area contributed by atoms with Crippen LogP contribution in [0.2, 0.25) is 0 Å². The van der Waals surface area contributed by atoms with E-state index in [-0.39, 0.29) is 19.1 Å². The van der Waals surface area contributed by atoms with Gasteiger partial charge in [0.1, 0.15) is 13.2 Å². The molecule has 3 unspecified atom stereocenters. The van der Waals surface area contributed by atoms with E-state index in [4.69, 9.17) is 9.05 Å². The topological polar surface area (TPSA) is 105 Å². The monoisotopic (exact) mass is 1130 g/mol. The van der Waals surface area contributed by atoms with Crippen molar-refractivity contribution in [2.45, 2.75) is 353 Å². The number of rotatable bonds is 64. The van der Waals surface area contributed by atoms with Gasteiger partial charge in [0.15, 0.2) is 0 Å². The first kappa shape index (κ1) is 77.5. The molecule has 0 aromatic heterocycles. The van der Waals surface area contributed by atoms with Gasteiger partial charge < -0.3 is 19.8 Å². The van der Waals surface area contributed by atoms with Crippen LogP contribution in [0.25, 0.3) is 0 Å². The Morgan fingerprint density at radius 2 is 0.722 bits per heavy atom. The van der Waals surface area contributed by atoms with Gasteiger partial charge in [-0.1, -0.05) is 326 Å². The van der Waals surface area contributed by atoms with Gasteiger partial charge in [0, 0.05) is 6.42 Å². The van der Waals surface area contributed by atoms with E-state index in [0.29, 0.717) is 17.4 Å². The molecule has 3 atom stereocenters. The molecule has 0 bridgehead atoms. The van der Waals surface area contributed by atoms with E-state index in [1.165, 1.54) is 270 Å². The molecule has 8 nitrogen and oxygen atoms in total. The molecule has 3 N–H and O–H groups in total. The van der Waals surface area contributed by atoms with E-state index >= 15 is 0 Å². The van der Waals surface area contributed by atoms with Crippen LogP contribution >= 0.6 is 7.82 Å². The van der Waals surface area contributed by atoms with Crippen molar-refractivity contribution in [3.8, 4) is 0 Å². The van der Waals surface area contributed by atoms with Crippen molar-refractivity contribution in [2.24, 2.45) is 0 Å². The Morgan fingerprint density at radius 1 is 0.430 bits per heavy atom. The molecule has 0 aromatic rings. The number of amides is 1. The second-order valence-corrected chi connectivity index (χ2v) is 26.4. The summed E-state index contributed by atoms with van der Waals surface area (Å²) >= 11 is 0. The van der Waals surface area contributed by atoms with Crippen LogP contribution in [0.1, 0.15) is 341 Å². The quantitative estimate of drug-likeness (QED) is 0.0243. The third kappa shape index (κ3) is 63.9. The van der Waals surface area contributed by atoms with E-state index in [0.717, 1.165) is 51.4 Å². The Morgan fingerprint density at radius 3 is 1.05 bits per heavy atom. The number of hydrogen-bond donors (Lipinski definition) is 3. The summed E-state index contributed by atoms with van der Waals surface area (Å²) < 4.78 is 23.8. The first-order valence-corrected chi connectivity index (χ1v) is 36.0. The average molecular weight is 1130 g/mol. The molecular formula is C70H136N2O6P+. The average Bonchev–Trinajstić information content (AvgIpc) is 3.42. The summed E-state index contributed by atoms with van der Waals surface area (Å²) in [5.74, 6) is -0.175. The minimum Gasteiger partial charge on any atom is -0.387 e. The highest BCUT2D eigenvalue weighted by Gasteiger charge is 2.28. The molecule has 0 aliphatic carbocycles. The number of phosphoric ester groups is 1. The van der Waals surface area contributed by atoms with Crippen LogP contribution < -0.4 is 5.32 Å². The predicted molar refractivity (Wildman–Crippen MR) is 346 cm³/mol. The molecule has 0 heterocycles. The van der Waals surface area contributed by atoms with Gasteiger partial charge in [-0.2, -0.15) is 0 Å². The Bertz CT molecular complexity index is 1430. The van der Waals surface area contributed by atoms with Gasteiger partial charge in [0.2, 0.25) is 5.91 Å². The maximum absolute atomic E-state index is 13.0. The number of carbonyl (C=O) groups excluding carboxylic acids is 1. The van der Waals surface area contributed by atoms with Crippen molar-refractivity contribution < 1.29 is 32.9 Å². The fourth-order valence-electron chi connectivity index (χ4n) is 10.4. The molecule has 0 saturated heterocycles. The fraction of sp³-hybridized carbons (Fsp3) is 0.871. The summed E-state index contributed by atoms with van der Waals surface area (Å²) in [5.41, 5.74) is 0. The predicted octanol–water partition coefficient (Wildman–Crippen LogP) is 21.8. The number of hydrogen-bond acceptors (Lipinski definition) is 5. The van der Waals surface area contributed by atoms with Gasteiger partial charge in [-0.05, 0) is 57.8 Å². The van der Waals surface area contributed by atoms with Crippen molar-refractivity contribution in [3.05, 3.63) is 48.6 Å². The Balaban J connectivity index is 4.09. The normalized spacial score (nSPS) is 14.0. The molecule has 0 rings (SSSR count). The van der Waals surface area contributed by atoms with E-state index in [1.807, 2.05) is 27.2 Å². The summed E-state index contributed by atoms with van der Waals surface area (Å²) in [6.07, 6.45) is 82.5. The molecule has 466 valence electrons. The molecule has 0 radical (unpaired) electrons. The van der Waals surface area contributed by atoms with Crippen molar-refractivity contribution in [2.75, 3.05) is 40.9 Å². The number of carbonyl (C=O) groups is 1. The Hall–Kier alpha value is -1.54. The highest BCUT2D eigenvalue weighted by atomic mass is 31.2. The molecule has 1 amide bonds. The number of allylic oxidation sites excluding steroid dienone is 7. The van der Waals surface area contributed by atoms with Gasteiger partial charge >= 0.3 is 7.82 Å². The third-order valence-electron chi connectivity index (χ3n) is 15.8. The first-order chi connectivity index (χ1) is 38.5. The second-order valence-electron chi connectivity index (χ2n) is 24.9. The number of aliphatic hydroxyl groups is 1. The fourth-order valence-corrected chi connectivity index (χ4v) is 11.1. The zero-order valence-corrected chi connectivity index (χ0v) is 54.3. The summed E-state index contributed by atoms with van der Waals surface area (Å²) in [5, 5.41) is 14.0. The lowest BCUT2D eigenvalue weighted by Crippen LogP contribution is -2.45. The number of nitrogens with one attached hydrogen (secondary N) is 1. The van der Waals surface area contributed by atoms with E-state index in [2.05, 4.69) is 55.6 Å². The van der Waals surface area contributed by atoms with Crippen LogP contribution in [-0.4, -0.2) is 73.4 Å².